The quantitative estimate of drug-likeness (QED) is 0.679. The number of amides is 2. The molecule has 2 rings (SSSR count). The average molecular weight is 389 g/mol. The zero-order valence-electron chi connectivity index (χ0n) is 17.8. The van der Waals surface area contributed by atoms with Gasteiger partial charge in [-0.3, -0.25) is 19.4 Å². The van der Waals surface area contributed by atoms with E-state index in [0.717, 1.165) is 39.1 Å². The average Bonchev–Trinajstić information content (AvgIpc) is 2.67. The van der Waals surface area contributed by atoms with Gasteiger partial charge in [-0.2, -0.15) is 0 Å². The largest absolute Gasteiger partial charge is 0.354 e. The Morgan fingerprint density at radius 2 is 1.61 bits per heavy atom. The van der Waals surface area contributed by atoms with Gasteiger partial charge in [0.25, 0.3) is 0 Å². The van der Waals surface area contributed by atoms with Crippen LogP contribution in [0.5, 0.6) is 0 Å². The molecule has 2 amide bonds. The van der Waals surface area contributed by atoms with Crippen molar-refractivity contribution >= 4 is 11.8 Å². The van der Waals surface area contributed by atoms with Crippen molar-refractivity contribution in [2.45, 2.75) is 52.6 Å². The minimum atomic E-state index is -0.492. The van der Waals surface area contributed by atoms with Crippen molar-refractivity contribution in [3.63, 3.8) is 0 Å². The van der Waals surface area contributed by atoms with Crippen LogP contribution < -0.4 is 10.6 Å². The molecule has 1 aromatic carbocycles. The number of nitrogens with zero attached hydrogens (tertiary/aromatic N) is 2. The van der Waals surface area contributed by atoms with E-state index in [0.29, 0.717) is 19.0 Å². The zero-order chi connectivity index (χ0) is 20.5. The molecule has 0 unspecified atom stereocenters. The minimum absolute atomic E-state index is 0.0862. The molecule has 1 saturated heterocycles. The van der Waals surface area contributed by atoms with E-state index in [1.165, 1.54) is 11.1 Å². The molecule has 1 aromatic rings. The van der Waals surface area contributed by atoms with Gasteiger partial charge in [-0.15, -0.1) is 0 Å². The predicted molar refractivity (Wildman–Crippen MR) is 113 cm³/mol. The fourth-order valence-electron chi connectivity index (χ4n) is 3.33. The Hall–Kier alpha value is -1.92. The van der Waals surface area contributed by atoms with Crippen LogP contribution in [0.25, 0.3) is 0 Å². The van der Waals surface area contributed by atoms with Gasteiger partial charge in [0.2, 0.25) is 11.8 Å². The van der Waals surface area contributed by atoms with Crippen LogP contribution in [0.2, 0.25) is 0 Å². The van der Waals surface area contributed by atoms with Crippen molar-refractivity contribution in [3.8, 4) is 0 Å². The molecule has 28 heavy (non-hydrogen) atoms. The van der Waals surface area contributed by atoms with Crippen LogP contribution in [0.4, 0.5) is 0 Å². The summed E-state index contributed by atoms with van der Waals surface area (Å²) >= 11 is 0. The minimum Gasteiger partial charge on any atom is -0.354 e. The summed E-state index contributed by atoms with van der Waals surface area (Å²) < 4.78 is 0. The topological polar surface area (TPSA) is 64.7 Å². The third kappa shape index (κ3) is 7.24. The number of hydrogen-bond donors (Lipinski definition) is 2. The second-order valence-corrected chi connectivity index (χ2v) is 8.03. The fraction of sp³-hybridized carbons (Fsp3) is 0.636. The summed E-state index contributed by atoms with van der Waals surface area (Å²) in [7, 11) is 0. The summed E-state index contributed by atoms with van der Waals surface area (Å²) in [6.45, 7) is 13.7. The van der Waals surface area contributed by atoms with Crippen molar-refractivity contribution in [2.24, 2.45) is 0 Å². The van der Waals surface area contributed by atoms with E-state index >= 15 is 0 Å². The summed E-state index contributed by atoms with van der Waals surface area (Å²) in [6.07, 6.45) is 0.887. The van der Waals surface area contributed by atoms with Gasteiger partial charge in [-0.05, 0) is 30.4 Å². The monoisotopic (exact) mass is 388 g/mol. The first-order chi connectivity index (χ1) is 13.4. The zero-order valence-corrected chi connectivity index (χ0v) is 17.8. The normalized spacial score (nSPS) is 16.8. The molecular weight excluding hydrogens is 352 g/mol. The summed E-state index contributed by atoms with van der Waals surface area (Å²) in [5.41, 5.74) is 2.71. The van der Waals surface area contributed by atoms with E-state index < -0.39 is 6.04 Å². The highest BCUT2D eigenvalue weighted by molar-refractivity contribution is 5.87. The SMILES string of the molecule is CCCNC(=O)[C@@H](C)NC(=O)CN1CCN(Cc2ccc(C(C)C)cc2)CC1. The Labute approximate surface area is 169 Å². The molecule has 0 spiro atoms. The number of hydrogen-bond acceptors (Lipinski definition) is 4. The molecule has 6 heteroatoms. The molecule has 156 valence electrons. The van der Waals surface area contributed by atoms with Crippen molar-refractivity contribution in [3.05, 3.63) is 35.4 Å². The number of rotatable bonds is 9. The lowest BCUT2D eigenvalue weighted by Crippen LogP contribution is -2.52. The highest BCUT2D eigenvalue weighted by Crippen LogP contribution is 2.16. The van der Waals surface area contributed by atoms with Crippen molar-refractivity contribution < 1.29 is 9.59 Å². The Bertz CT molecular complexity index is 622. The Kier molecular flexibility index (Phi) is 8.93. The predicted octanol–water partition coefficient (Wildman–Crippen LogP) is 1.96. The summed E-state index contributed by atoms with van der Waals surface area (Å²) in [5.74, 6) is 0.351. The molecule has 0 saturated carbocycles. The van der Waals surface area contributed by atoms with Crippen molar-refractivity contribution in [1.29, 1.82) is 0 Å². The fourth-order valence-corrected chi connectivity index (χ4v) is 3.33. The number of nitrogens with one attached hydrogen (secondary N) is 2. The molecule has 0 aromatic heterocycles. The molecule has 0 bridgehead atoms. The Morgan fingerprint density at radius 3 is 2.18 bits per heavy atom. The van der Waals surface area contributed by atoms with Crippen LogP contribution in [-0.4, -0.2) is 66.9 Å². The second kappa shape index (κ2) is 11.2. The Morgan fingerprint density at radius 1 is 1.00 bits per heavy atom. The van der Waals surface area contributed by atoms with Crippen LogP contribution in [0, 0.1) is 0 Å². The van der Waals surface area contributed by atoms with E-state index in [4.69, 9.17) is 0 Å². The van der Waals surface area contributed by atoms with Gasteiger partial charge >= 0.3 is 0 Å². The molecule has 1 heterocycles. The summed E-state index contributed by atoms with van der Waals surface area (Å²) in [4.78, 5) is 28.7. The van der Waals surface area contributed by atoms with Gasteiger partial charge in [0.15, 0.2) is 0 Å². The third-order valence-electron chi connectivity index (χ3n) is 5.20. The van der Waals surface area contributed by atoms with Crippen molar-refractivity contribution in [2.75, 3.05) is 39.3 Å². The number of piperazine rings is 1. The van der Waals surface area contributed by atoms with Gasteiger partial charge in [0.05, 0.1) is 6.54 Å². The van der Waals surface area contributed by atoms with Gasteiger partial charge in [0, 0.05) is 39.3 Å². The van der Waals surface area contributed by atoms with Crippen LogP contribution in [0.3, 0.4) is 0 Å². The number of carbonyl (C=O) groups is 2. The lowest BCUT2D eigenvalue weighted by molar-refractivity contribution is -0.129. The molecule has 2 N–H and O–H groups in total. The molecule has 6 nitrogen and oxygen atoms in total. The summed E-state index contributed by atoms with van der Waals surface area (Å²) in [5, 5.41) is 5.60. The molecule has 1 atom stereocenters. The molecule has 1 aliphatic rings. The maximum Gasteiger partial charge on any atom is 0.242 e. The third-order valence-corrected chi connectivity index (χ3v) is 5.20. The molecule has 0 radical (unpaired) electrons. The van der Waals surface area contributed by atoms with Crippen molar-refractivity contribution in [1.82, 2.24) is 20.4 Å². The lowest BCUT2D eigenvalue weighted by Gasteiger charge is -2.34. The van der Waals surface area contributed by atoms with E-state index in [2.05, 4.69) is 58.5 Å². The van der Waals surface area contributed by atoms with Crippen LogP contribution in [0.15, 0.2) is 24.3 Å². The van der Waals surface area contributed by atoms with E-state index in [1.54, 1.807) is 6.92 Å². The first kappa shape index (κ1) is 22.4. The molecule has 1 fully saturated rings. The highest BCUT2D eigenvalue weighted by atomic mass is 16.2. The maximum absolute atomic E-state index is 12.2. The number of benzene rings is 1. The van der Waals surface area contributed by atoms with E-state index in [-0.39, 0.29) is 11.8 Å². The summed E-state index contributed by atoms with van der Waals surface area (Å²) in [6, 6.07) is 8.39. The standard InChI is InChI=1S/C22H36N4O2/c1-5-10-23-22(28)18(4)24-21(27)16-26-13-11-25(12-14-26)15-19-6-8-20(9-7-19)17(2)3/h6-9,17-18H,5,10-16H2,1-4H3,(H,23,28)(H,24,27)/t18-/m1/s1. The maximum atomic E-state index is 12.2. The lowest BCUT2D eigenvalue weighted by atomic mass is 10.0. The molecule has 1 aliphatic heterocycles. The van der Waals surface area contributed by atoms with Gasteiger partial charge < -0.3 is 10.6 Å². The van der Waals surface area contributed by atoms with Crippen LogP contribution >= 0.6 is 0 Å². The Balaban J connectivity index is 1.70. The second-order valence-electron chi connectivity index (χ2n) is 8.03. The smallest absolute Gasteiger partial charge is 0.242 e. The molecule has 0 aliphatic carbocycles. The van der Waals surface area contributed by atoms with E-state index in [9.17, 15) is 9.59 Å². The van der Waals surface area contributed by atoms with E-state index in [1.807, 2.05) is 6.92 Å². The van der Waals surface area contributed by atoms with Gasteiger partial charge in [-0.25, -0.2) is 0 Å². The van der Waals surface area contributed by atoms with Gasteiger partial charge in [0.1, 0.15) is 6.04 Å². The molecular formula is C22H36N4O2. The van der Waals surface area contributed by atoms with Crippen LogP contribution in [-0.2, 0) is 16.1 Å². The first-order valence-corrected chi connectivity index (χ1v) is 10.5. The van der Waals surface area contributed by atoms with Gasteiger partial charge in [-0.1, -0.05) is 45.0 Å². The first-order valence-electron chi connectivity index (χ1n) is 10.5. The van der Waals surface area contributed by atoms with Crippen LogP contribution in [0.1, 0.15) is 51.2 Å². The highest BCUT2D eigenvalue weighted by Gasteiger charge is 2.21. The number of carbonyl (C=O) groups excluding carboxylic acids is 2.